The maximum Gasteiger partial charge on any atom is 0.320 e. The van der Waals surface area contributed by atoms with Gasteiger partial charge in [-0.3, -0.25) is 4.79 Å². The number of carbonyl (C=O) groups excluding carboxylic acids is 1. The Morgan fingerprint density at radius 3 is 2.22 bits per heavy atom. The highest BCUT2D eigenvalue weighted by atomic mass is 16.4. The van der Waals surface area contributed by atoms with Crippen molar-refractivity contribution in [2.75, 3.05) is 26.2 Å². The lowest BCUT2D eigenvalue weighted by molar-refractivity contribution is -0.138. The minimum Gasteiger partial charge on any atom is -0.481 e. The number of carbonyl (C=O) groups is 2. The quantitative estimate of drug-likeness (QED) is 0.682. The first-order valence-corrected chi connectivity index (χ1v) is 6.36. The summed E-state index contributed by atoms with van der Waals surface area (Å²) in [5.74, 6) is -0.919. The summed E-state index contributed by atoms with van der Waals surface area (Å²) in [6.45, 7) is 6.71. The van der Waals surface area contributed by atoms with E-state index in [1.54, 1.807) is 11.8 Å². The van der Waals surface area contributed by atoms with Crippen LogP contribution in [-0.2, 0) is 4.79 Å². The third kappa shape index (κ3) is 5.35. The van der Waals surface area contributed by atoms with Gasteiger partial charge in [0.05, 0.1) is 13.0 Å². The number of aliphatic carboxylic acids is 1. The lowest BCUT2D eigenvalue weighted by Crippen LogP contribution is -2.48. The number of nitrogens with zero attached hydrogens (tertiary/aromatic N) is 2. The second-order valence-corrected chi connectivity index (χ2v) is 4.23. The van der Waals surface area contributed by atoms with Gasteiger partial charge < -0.3 is 20.0 Å². The zero-order chi connectivity index (χ0) is 14.1. The Kier molecular flexibility index (Phi) is 8.11. The van der Waals surface area contributed by atoms with Crippen molar-refractivity contribution in [2.45, 2.75) is 39.7 Å². The zero-order valence-corrected chi connectivity index (χ0v) is 11.4. The molecule has 1 unspecified atom stereocenters. The zero-order valence-electron chi connectivity index (χ0n) is 11.4. The Bertz CT molecular complexity index is 265. The van der Waals surface area contributed by atoms with E-state index in [-0.39, 0.29) is 31.6 Å². The van der Waals surface area contributed by atoms with Crippen LogP contribution in [0.2, 0.25) is 0 Å². The van der Waals surface area contributed by atoms with Crippen LogP contribution in [0.15, 0.2) is 0 Å². The summed E-state index contributed by atoms with van der Waals surface area (Å²) in [7, 11) is 0. The van der Waals surface area contributed by atoms with Gasteiger partial charge in [0.25, 0.3) is 0 Å². The predicted octanol–water partition coefficient (Wildman–Crippen LogP) is 0.996. The fourth-order valence-corrected chi connectivity index (χ4v) is 1.87. The molecule has 0 fully saturated rings. The summed E-state index contributed by atoms with van der Waals surface area (Å²) in [6.07, 6.45) is 0.731. The largest absolute Gasteiger partial charge is 0.481 e. The van der Waals surface area contributed by atoms with E-state index in [0.717, 1.165) is 6.42 Å². The number of amides is 2. The molecule has 0 heterocycles. The Morgan fingerprint density at radius 2 is 1.83 bits per heavy atom. The first kappa shape index (κ1) is 16.7. The fourth-order valence-electron chi connectivity index (χ4n) is 1.87. The van der Waals surface area contributed by atoms with E-state index in [2.05, 4.69) is 0 Å². The molecule has 106 valence electrons. The summed E-state index contributed by atoms with van der Waals surface area (Å²) in [6, 6.07) is -0.555. The summed E-state index contributed by atoms with van der Waals surface area (Å²) in [5.41, 5.74) is 0. The lowest BCUT2D eigenvalue weighted by Gasteiger charge is -2.33. The molecule has 1 atom stereocenters. The minimum atomic E-state index is -0.919. The smallest absolute Gasteiger partial charge is 0.320 e. The molecule has 0 bridgehead atoms. The van der Waals surface area contributed by atoms with Gasteiger partial charge in [-0.2, -0.15) is 0 Å². The molecule has 0 aromatic heterocycles. The third-order valence-corrected chi connectivity index (χ3v) is 2.72. The van der Waals surface area contributed by atoms with E-state index in [1.165, 1.54) is 4.90 Å². The average Bonchev–Trinajstić information content (AvgIpc) is 2.28. The molecule has 6 nitrogen and oxygen atoms in total. The Balaban J connectivity index is 4.68. The summed E-state index contributed by atoms with van der Waals surface area (Å²) < 4.78 is 0. The van der Waals surface area contributed by atoms with Gasteiger partial charge in [-0.25, -0.2) is 4.79 Å². The van der Waals surface area contributed by atoms with Gasteiger partial charge in [0.2, 0.25) is 0 Å². The van der Waals surface area contributed by atoms with E-state index in [0.29, 0.717) is 13.1 Å². The molecule has 0 aromatic rings. The van der Waals surface area contributed by atoms with Crippen molar-refractivity contribution in [2.24, 2.45) is 0 Å². The van der Waals surface area contributed by atoms with Crippen molar-refractivity contribution in [1.29, 1.82) is 0 Å². The van der Waals surface area contributed by atoms with Crippen molar-refractivity contribution in [3.63, 3.8) is 0 Å². The van der Waals surface area contributed by atoms with E-state index >= 15 is 0 Å². The van der Waals surface area contributed by atoms with Crippen LogP contribution >= 0.6 is 0 Å². The van der Waals surface area contributed by atoms with Crippen molar-refractivity contribution in [3.05, 3.63) is 0 Å². The number of aliphatic hydroxyl groups excluding tert-OH is 1. The van der Waals surface area contributed by atoms with Crippen LogP contribution in [-0.4, -0.2) is 64.3 Å². The fraction of sp³-hybridized carbons (Fsp3) is 0.833. The van der Waals surface area contributed by atoms with Crippen LogP contribution in [0.25, 0.3) is 0 Å². The molecule has 0 aliphatic heterocycles. The van der Waals surface area contributed by atoms with Crippen LogP contribution in [0.3, 0.4) is 0 Å². The summed E-state index contributed by atoms with van der Waals surface area (Å²) >= 11 is 0. The van der Waals surface area contributed by atoms with Gasteiger partial charge in [0.15, 0.2) is 0 Å². The Morgan fingerprint density at radius 1 is 1.22 bits per heavy atom. The topological polar surface area (TPSA) is 81.1 Å². The second kappa shape index (κ2) is 8.74. The van der Waals surface area contributed by atoms with Crippen LogP contribution in [0.4, 0.5) is 4.79 Å². The summed E-state index contributed by atoms with van der Waals surface area (Å²) in [5, 5.41) is 17.7. The van der Waals surface area contributed by atoms with E-state index in [1.807, 2.05) is 13.8 Å². The molecule has 0 aliphatic carbocycles. The SMILES string of the molecule is CCCN(CCO)C(=O)N(CC)C(C)CC(=O)O. The molecule has 0 spiro atoms. The highest BCUT2D eigenvalue weighted by Crippen LogP contribution is 2.08. The van der Waals surface area contributed by atoms with E-state index < -0.39 is 5.97 Å². The number of hydrogen-bond donors (Lipinski definition) is 2. The molecular formula is C12H24N2O4. The standard InChI is InChI=1S/C12H24N2O4/c1-4-6-13(7-8-15)12(18)14(5-2)10(3)9-11(16)17/h10,15H,4-9H2,1-3H3,(H,16,17). The average molecular weight is 260 g/mol. The van der Waals surface area contributed by atoms with Crippen molar-refractivity contribution < 1.29 is 19.8 Å². The van der Waals surface area contributed by atoms with Gasteiger partial charge in [-0.05, 0) is 20.3 Å². The molecule has 0 aliphatic rings. The predicted molar refractivity (Wildman–Crippen MR) is 68.4 cm³/mol. The summed E-state index contributed by atoms with van der Waals surface area (Å²) in [4.78, 5) is 26.0. The number of aliphatic hydroxyl groups is 1. The molecule has 0 saturated carbocycles. The Hall–Kier alpha value is -1.30. The van der Waals surface area contributed by atoms with Gasteiger partial charge >= 0.3 is 12.0 Å². The lowest BCUT2D eigenvalue weighted by atomic mass is 10.2. The maximum atomic E-state index is 12.2. The first-order valence-electron chi connectivity index (χ1n) is 6.36. The van der Waals surface area contributed by atoms with Gasteiger partial charge in [-0.1, -0.05) is 6.92 Å². The number of carboxylic acids is 1. The second-order valence-electron chi connectivity index (χ2n) is 4.23. The number of carboxylic acid groups (broad SMARTS) is 1. The number of hydrogen-bond acceptors (Lipinski definition) is 3. The Labute approximate surface area is 108 Å². The monoisotopic (exact) mass is 260 g/mol. The molecule has 0 rings (SSSR count). The normalized spacial score (nSPS) is 12.0. The van der Waals surface area contributed by atoms with Gasteiger partial charge in [0, 0.05) is 25.7 Å². The van der Waals surface area contributed by atoms with Crippen molar-refractivity contribution in [3.8, 4) is 0 Å². The van der Waals surface area contributed by atoms with Crippen LogP contribution < -0.4 is 0 Å². The molecule has 0 saturated heterocycles. The molecular weight excluding hydrogens is 236 g/mol. The maximum absolute atomic E-state index is 12.2. The van der Waals surface area contributed by atoms with E-state index in [4.69, 9.17) is 10.2 Å². The van der Waals surface area contributed by atoms with Gasteiger partial charge in [-0.15, -0.1) is 0 Å². The third-order valence-electron chi connectivity index (χ3n) is 2.72. The van der Waals surface area contributed by atoms with Gasteiger partial charge in [0.1, 0.15) is 0 Å². The first-order chi connectivity index (χ1) is 8.47. The van der Waals surface area contributed by atoms with Crippen molar-refractivity contribution >= 4 is 12.0 Å². The highest BCUT2D eigenvalue weighted by molar-refractivity contribution is 5.76. The minimum absolute atomic E-state index is 0.0708. The molecule has 0 aromatic carbocycles. The number of rotatable bonds is 8. The molecule has 18 heavy (non-hydrogen) atoms. The molecule has 2 N–H and O–H groups in total. The molecule has 2 amide bonds. The van der Waals surface area contributed by atoms with Crippen LogP contribution in [0, 0.1) is 0 Å². The molecule has 0 radical (unpaired) electrons. The number of urea groups is 1. The highest BCUT2D eigenvalue weighted by Gasteiger charge is 2.24. The van der Waals surface area contributed by atoms with Crippen LogP contribution in [0.1, 0.15) is 33.6 Å². The van der Waals surface area contributed by atoms with Crippen LogP contribution in [0.5, 0.6) is 0 Å². The van der Waals surface area contributed by atoms with Crippen molar-refractivity contribution in [1.82, 2.24) is 9.80 Å². The van der Waals surface area contributed by atoms with E-state index in [9.17, 15) is 9.59 Å². The molecule has 6 heteroatoms.